The molecule has 0 spiro atoms. The largest absolute Gasteiger partial charge is 0.380 e. The van der Waals surface area contributed by atoms with Gasteiger partial charge >= 0.3 is 0 Å². The zero-order valence-corrected chi connectivity index (χ0v) is 10.0. The van der Waals surface area contributed by atoms with Gasteiger partial charge in [0, 0.05) is 13.2 Å². The summed E-state index contributed by atoms with van der Waals surface area (Å²) >= 11 is 3.34. The van der Waals surface area contributed by atoms with Crippen molar-refractivity contribution in [2.45, 2.75) is 6.92 Å². The molecule has 0 saturated heterocycles. The average Bonchev–Trinajstić information content (AvgIpc) is 2.26. The number of nitrogens with one attached hydrogen (secondary N) is 2. The van der Waals surface area contributed by atoms with Gasteiger partial charge in [0.05, 0.1) is 6.61 Å². The maximum atomic E-state index is 5.27. The maximum absolute atomic E-state index is 5.27. The molecule has 0 aliphatic rings. The molecule has 1 aromatic heterocycles. The van der Waals surface area contributed by atoms with Gasteiger partial charge < -0.3 is 15.5 Å². The van der Waals surface area contributed by atoms with Gasteiger partial charge in [-0.1, -0.05) is 0 Å². The second-order valence-electron chi connectivity index (χ2n) is 2.65. The molecule has 0 atom stereocenters. The summed E-state index contributed by atoms with van der Waals surface area (Å²) in [5.74, 6) is 6.51. The minimum absolute atomic E-state index is 0.545. The van der Waals surface area contributed by atoms with Crippen molar-refractivity contribution in [1.29, 1.82) is 0 Å². The molecule has 1 rings (SSSR count). The Hall–Kier alpha value is -0.920. The van der Waals surface area contributed by atoms with Crippen molar-refractivity contribution < 1.29 is 4.74 Å². The first-order chi connectivity index (χ1) is 7.29. The van der Waals surface area contributed by atoms with Gasteiger partial charge in [0.25, 0.3) is 0 Å². The van der Waals surface area contributed by atoms with E-state index in [1.807, 2.05) is 6.92 Å². The molecule has 6 nitrogen and oxygen atoms in total. The molecule has 0 aliphatic carbocycles. The van der Waals surface area contributed by atoms with Crippen molar-refractivity contribution >= 4 is 27.6 Å². The summed E-state index contributed by atoms with van der Waals surface area (Å²) in [6, 6.07) is 0. The Morgan fingerprint density at radius 2 is 2.20 bits per heavy atom. The van der Waals surface area contributed by atoms with Gasteiger partial charge in [-0.15, -0.1) is 0 Å². The molecule has 1 heterocycles. The molecule has 0 saturated carbocycles. The molecule has 15 heavy (non-hydrogen) atoms. The first-order valence-electron chi connectivity index (χ1n) is 4.58. The number of nitrogen functional groups attached to an aromatic ring is 1. The zero-order valence-electron chi connectivity index (χ0n) is 8.46. The highest BCUT2D eigenvalue weighted by Gasteiger charge is 2.06. The van der Waals surface area contributed by atoms with E-state index in [0.717, 1.165) is 0 Å². The lowest BCUT2D eigenvalue weighted by Gasteiger charge is -2.09. The summed E-state index contributed by atoms with van der Waals surface area (Å²) in [5.41, 5.74) is 2.47. The van der Waals surface area contributed by atoms with Gasteiger partial charge in [0.1, 0.15) is 16.6 Å². The van der Waals surface area contributed by atoms with Crippen molar-refractivity contribution in [3.05, 3.63) is 10.8 Å². The second-order valence-corrected chi connectivity index (χ2v) is 3.45. The van der Waals surface area contributed by atoms with Crippen LogP contribution in [0.15, 0.2) is 10.8 Å². The predicted octanol–water partition coefficient (Wildman–Crippen LogP) is 0.973. The molecule has 0 unspecified atom stereocenters. The molecule has 0 aliphatic heterocycles. The Balaban J connectivity index is 2.53. The molecule has 84 valence electrons. The van der Waals surface area contributed by atoms with Crippen LogP contribution >= 0.6 is 15.9 Å². The fourth-order valence-electron chi connectivity index (χ4n) is 0.980. The molecule has 4 N–H and O–H groups in total. The van der Waals surface area contributed by atoms with Gasteiger partial charge in [-0.05, 0) is 22.9 Å². The second kappa shape index (κ2) is 6.54. The summed E-state index contributed by atoms with van der Waals surface area (Å²) in [6.45, 7) is 3.99. The first kappa shape index (κ1) is 12.2. The molecule has 1 aromatic rings. The average molecular weight is 276 g/mol. The zero-order chi connectivity index (χ0) is 11.1. The number of ether oxygens (including phenoxy) is 1. The molecular weight excluding hydrogens is 262 g/mol. The van der Waals surface area contributed by atoms with E-state index < -0.39 is 0 Å². The Kier molecular flexibility index (Phi) is 5.30. The van der Waals surface area contributed by atoms with Crippen LogP contribution in [0.25, 0.3) is 0 Å². The molecule has 0 aromatic carbocycles. The summed E-state index contributed by atoms with van der Waals surface area (Å²) in [7, 11) is 0. The van der Waals surface area contributed by atoms with Crippen LogP contribution in [0.1, 0.15) is 6.92 Å². The number of anilines is 2. The van der Waals surface area contributed by atoms with Crippen LogP contribution in [0.2, 0.25) is 0 Å². The number of hydrogen-bond donors (Lipinski definition) is 3. The number of hydrogen-bond acceptors (Lipinski definition) is 6. The summed E-state index contributed by atoms with van der Waals surface area (Å²) in [5, 5.41) is 3.10. The van der Waals surface area contributed by atoms with Crippen molar-refractivity contribution in [3.63, 3.8) is 0 Å². The fraction of sp³-hybridized carbons (Fsp3) is 0.500. The van der Waals surface area contributed by atoms with Gasteiger partial charge in [-0.3, -0.25) is 0 Å². The minimum atomic E-state index is 0.545. The number of aromatic nitrogens is 2. The normalized spacial score (nSPS) is 10.1. The predicted molar refractivity (Wildman–Crippen MR) is 62.5 cm³/mol. The number of nitrogens with zero attached hydrogens (tertiary/aromatic N) is 2. The van der Waals surface area contributed by atoms with Crippen LogP contribution in [0, 0.1) is 0 Å². The quantitative estimate of drug-likeness (QED) is 0.408. The van der Waals surface area contributed by atoms with Crippen LogP contribution in [-0.2, 0) is 4.74 Å². The fourth-order valence-corrected chi connectivity index (χ4v) is 1.44. The van der Waals surface area contributed by atoms with Crippen molar-refractivity contribution in [2.24, 2.45) is 5.84 Å². The molecule has 0 radical (unpaired) electrons. The lowest BCUT2D eigenvalue weighted by atomic mass is 10.5. The van der Waals surface area contributed by atoms with Crippen molar-refractivity contribution in [3.8, 4) is 0 Å². The Bertz CT molecular complexity index is 309. The Morgan fingerprint density at radius 1 is 1.47 bits per heavy atom. The lowest BCUT2D eigenvalue weighted by molar-refractivity contribution is 0.158. The number of rotatable bonds is 6. The highest BCUT2D eigenvalue weighted by atomic mass is 79.9. The standard InChI is InChI=1S/C8H14BrN5O/c1-2-15-4-3-11-7-6(9)8(14-10)13-5-12-7/h5H,2-4,10H2,1H3,(H2,11,12,13,14). The van der Waals surface area contributed by atoms with Gasteiger partial charge in [0.2, 0.25) is 0 Å². The van der Waals surface area contributed by atoms with Gasteiger partial charge in [-0.2, -0.15) is 0 Å². The third kappa shape index (κ3) is 3.61. The maximum Gasteiger partial charge on any atom is 0.159 e. The van der Waals surface area contributed by atoms with E-state index >= 15 is 0 Å². The van der Waals surface area contributed by atoms with Gasteiger partial charge in [-0.25, -0.2) is 15.8 Å². The van der Waals surface area contributed by atoms with Crippen LogP contribution in [0.4, 0.5) is 11.6 Å². The first-order valence-corrected chi connectivity index (χ1v) is 5.37. The highest BCUT2D eigenvalue weighted by Crippen LogP contribution is 2.25. The number of halogens is 1. The summed E-state index contributed by atoms with van der Waals surface area (Å²) in [6.07, 6.45) is 1.43. The summed E-state index contributed by atoms with van der Waals surface area (Å²) < 4.78 is 5.90. The van der Waals surface area contributed by atoms with Crippen molar-refractivity contribution in [2.75, 3.05) is 30.5 Å². The van der Waals surface area contributed by atoms with Crippen LogP contribution < -0.4 is 16.6 Å². The molecular formula is C8H14BrN5O. The lowest BCUT2D eigenvalue weighted by Crippen LogP contribution is -2.14. The smallest absolute Gasteiger partial charge is 0.159 e. The molecule has 0 fully saturated rings. The van der Waals surface area contributed by atoms with E-state index in [2.05, 4.69) is 36.6 Å². The SMILES string of the molecule is CCOCCNc1ncnc(NN)c1Br. The highest BCUT2D eigenvalue weighted by molar-refractivity contribution is 9.10. The van der Waals surface area contributed by atoms with Crippen molar-refractivity contribution in [1.82, 2.24) is 9.97 Å². The van der Waals surface area contributed by atoms with E-state index in [0.29, 0.717) is 35.9 Å². The Morgan fingerprint density at radius 3 is 2.87 bits per heavy atom. The van der Waals surface area contributed by atoms with Crippen LogP contribution in [-0.4, -0.2) is 29.7 Å². The van der Waals surface area contributed by atoms with Gasteiger partial charge in [0.15, 0.2) is 5.82 Å². The van der Waals surface area contributed by atoms with E-state index in [-0.39, 0.29) is 0 Å². The molecule has 7 heteroatoms. The monoisotopic (exact) mass is 275 g/mol. The minimum Gasteiger partial charge on any atom is -0.380 e. The van der Waals surface area contributed by atoms with E-state index in [1.54, 1.807) is 0 Å². The van der Waals surface area contributed by atoms with E-state index in [4.69, 9.17) is 10.6 Å². The third-order valence-electron chi connectivity index (χ3n) is 1.67. The van der Waals surface area contributed by atoms with E-state index in [1.165, 1.54) is 6.33 Å². The van der Waals surface area contributed by atoms with E-state index in [9.17, 15) is 0 Å². The van der Waals surface area contributed by atoms with Crippen LogP contribution in [0.3, 0.4) is 0 Å². The van der Waals surface area contributed by atoms with Crippen LogP contribution in [0.5, 0.6) is 0 Å². The summed E-state index contributed by atoms with van der Waals surface area (Å²) in [4.78, 5) is 8.00. The third-order valence-corrected chi connectivity index (χ3v) is 2.42. The topological polar surface area (TPSA) is 85.1 Å². The molecule has 0 amide bonds. The Labute approximate surface area is 96.7 Å². The number of hydrazine groups is 1. The molecule has 0 bridgehead atoms. The number of nitrogens with two attached hydrogens (primary N) is 1.